The third-order valence-electron chi connectivity index (χ3n) is 2.42. The lowest BCUT2D eigenvalue weighted by Crippen LogP contribution is -2.32. The van der Waals surface area contributed by atoms with Crippen LogP contribution < -0.4 is 5.32 Å². The minimum Gasteiger partial charge on any atom is -0.380 e. The lowest BCUT2D eigenvalue weighted by molar-refractivity contribution is -0.117. The number of carbonyl (C=O) groups is 1. The summed E-state index contributed by atoms with van der Waals surface area (Å²) in [4.78, 5) is 12.7. The van der Waals surface area contributed by atoms with E-state index < -0.39 is 0 Å². The van der Waals surface area contributed by atoms with Crippen LogP contribution in [0.1, 0.15) is 11.3 Å². The first kappa shape index (κ1) is 15.3. The second-order valence-electron chi connectivity index (χ2n) is 3.73. The third-order valence-corrected chi connectivity index (χ3v) is 3.90. The van der Waals surface area contributed by atoms with Crippen LogP contribution in [-0.4, -0.2) is 37.7 Å². The number of thiophene rings is 1. The van der Waals surface area contributed by atoms with Crippen LogP contribution >= 0.6 is 23.1 Å². The Morgan fingerprint density at radius 1 is 1.67 bits per heavy atom. The summed E-state index contributed by atoms with van der Waals surface area (Å²) in [6.45, 7) is 0.560. The van der Waals surface area contributed by atoms with Crippen molar-refractivity contribution < 1.29 is 9.53 Å². The van der Waals surface area contributed by atoms with E-state index in [4.69, 9.17) is 4.74 Å². The fourth-order valence-electron chi connectivity index (χ4n) is 1.37. The van der Waals surface area contributed by atoms with Crippen LogP contribution in [0.3, 0.4) is 0 Å². The highest BCUT2D eigenvalue weighted by molar-refractivity contribution is 7.98. The Kier molecular flexibility index (Phi) is 7.80. The van der Waals surface area contributed by atoms with Crippen molar-refractivity contribution >= 4 is 35.1 Å². The number of rotatable bonds is 8. The summed E-state index contributed by atoms with van der Waals surface area (Å²) in [6, 6.07) is 3.94. The first-order valence-corrected chi connectivity index (χ1v) is 8.04. The zero-order valence-electron chi connectivity index (χ0n) is 10.7. The van der Waals surface area contributed by atoms with Gasteiger partial charge < -0.3 is 10.1 Å². The fraction of sp³-hybridized carbons (Fsp3) is 0.462. The van der Waals surface area contributed by atoms with Crippen LogP contribution in [0.5, 0.6) is 0 Å². The summed E-state index contributed by atoms with van der Waals surface area (Å²) < 4.78 is 5.30. The number of hydrogen-bond donors (Lipinski definition) is 1. The molecule has 1 aromatic rings. The van der Waals surface area contributed by atoms with Crippen LogP contribution in [0, 0.1) is 0 Å². The molecule has 1 amide bonds. The maximum atomic E-state index is 11.6. The molecule has 1 heterocycles. The highest BCUT2D eigenvalue weighted by Gasteiger charge is 2.07. The molecule has 0 aromatic carbocycles. The van der Waals surface area contributed by atoms with Gasteiger partial charge in [0.25, 0.3) is 0 Å². The predicted molar refractivity (Wildman–Crippen MR) is 80.2 cm³/mol. The number of amides is 1. The van der Waals surface area contributed by atoms with E-state index in [1.165, 1.54) is 0 Å². The number of thioether (sulfide) groups is 1. The second-order valence-corrected chi connectivity index (χ2v) is 5.70. The Labute approximate surface area is 117 Å². The van der Waals surface area contributed by atoms with E-state index in [0.717, 1.165) is 17.1 Å². The van der Waals surface area contributed by atoms with Gasteiger partial charge in [-0.15, -0.1) is 11.3 Å². The van der Waals surface area contributed by atoms with Crippen molar-refractivity contribution in [2.75, 3.05) is 25.7 Å². The summed E-state index contributed by atoms with van der Waals surface area (Å²) in [5, 5.41) is 4.84. The smallest absolute Gasteiger partial charge is 0.244 e. The molecule has 0 spiro atoms. The maximum Gasteiger partial charge on any atom is 0.244 e. The van der Waals surface area contributed by atoms with E-state index >= 15 is 0 Å². The third kappa shape index (κ3) is 6.23. The average Bonchev–Trinajstić information content (AvgIpc) is 2.89. The highest BCUT2D eigenvalue weighted by Crippen LogP contribution is 2.09. The van der Waals surface area contributed by atoms with Gasteiger partial charge in [0.05, 0.1) is 6.10 Å². The normalized spacial score (nSPS) is 12.8. The molecular weight excluding hydrogens is 266 g/mol. The molecule has 0 saturated heterocycles. The van der Waals surface area contributed by atoms with Gasteiger partial charge in [-0.1, -0.05) is 6.07 Å². The molecular formula is C13H19NO2S2. The number of carbonyl (C=O) groups excluding carboxylic acids is 1. The molecule has 0 fully saturated rings. The zero-order valence-corrected chi connectivity index (χ0v) is 12.4. The minimum atomic E-state index is -0.0744. The van der Waals surface area contributed by atoms with Gasteiger partial charge in [0, 0.05) is 24.6 Å². The van der Waals surface area contributed by atoms with Crippen LogP contribution in [-0.2, 0) is 9.53 Å². The first-order chi connectivity index (χ1) is 8.76. The fourth-order valence-corrected chi connectivity index (χ4v) is 2.49. The zero-order chi connectivity index (χ0) is 13.2. The van der Waals surface area contributed by atoms with Gasteiger partial charge in [-0.25, -0.2) is 0 Å². The summed E-state index contributed by atoms with van der Waals surface area (Å²) >= 11 is 3.39. The van der Waals surface area contributed by atoms with Crippen molar-refractivity contribution in [3.8, 4) is 0 Å². The van der Waals surface area contributed by atoms with Gasteiger partial charge in [-0.3, -0.25) is 4.79 Å². The summed E-state index contributed by atoms with van der Waals surface area (Å²) in [5.41, 5.74) is 0. The summed E-state index contributed by atoms with van der Waals surface area (Å²) in [6.07, 6.45) is 6.50. The second kappa shape index (κ2) is 9.19. The largest absolute Gasteiger partial charge is 0.380 e. The van der Waals surface area contributed by atoms with Crippen molar-refractivity contribution in [1.29, 1.82) is 0 Å². The molecule has 0 aliphatic carbocycles. The Hall–Kier alpha value is -0.780. The van der Waals surface area contributed by atoms with Crippen molar-refractivity contribution in [3.05, 3.63) is 28.5 Å². The van der Waals surface area contributed by atoms with Crippen LogP contribution in [0.4, 0.5) is 0 Å². The summed E-state index contributed by atoms with van der Waals surface area (Å²) in [5.74, 6) is 0.967. The quantitative estimate of drug-likeness (QED) is 0.746. The molecule has 1 unspecified atom stereocenters. The Morgan fingerprint density at radius 3 is 3.11 bits per heavy atom. The molecule has 1 aromatic heterocycles. The minimum absolute atomic E-state index is 0.0744. The predicted octanol–water partition coefficient (Wildman–Crippen LogP) is 2.65. The summed E-state index contributed by atoms with van der Waals surface area (Å²) in [7, 11) is 1.68. The number of methoxy groups -OCH3 is 1. The Morgan fingerprint density at radius 2 is 2.50 bits per heavy atom. The van der Waals surface area contributed by atoms with E-state index in [0.29, 0.717) is 6.54 Å². The van der Waals surface area contributed by atoms with Gasteiger partial charge in [0.2, 0.25) is 5.91 Å². The lowest BCUT2D eigenvalue weighted by Gasteiger charge is -2.14. The monoisotopic (exact) mass is 285 g/mol. The Bertz CT molecular complexity index is 363. The first-order valence-electron chi connectivity index (χ1n) is 5.77. The van der Waals surface area contributed by atoms with E-state index in [-0.39, 0.29) is 12.0 Å². The standard InChI is InChI=1S/C13H19NO2S2/c1-16-11(7-9-17-2)10-14-13(15)6-5-12-4-3-8-18-12/h3-6,8,11H,7,9-10H2,1-2H3,(H,14,15)/b6-5+. The van der Waals surface area contributed by atoms with Gasteiger partial charge in [0.1, 0.15) is 0 Å². The molecule has 0 bridgehead atoms. The van der Waals surface area contributed by atoms with Crippen LogP contribution in [0.25, 0.3) is 6.08 Å². The van der Waals surface area contributed by atoms with E-state index in [1.54, 1.807) is 36.3 Å². The van der Waals surface area contributed by atoms with Gasteiger partial charge in [-0.2, -0.15) is 11.8 Å². The van der Waals surface area contributed by atoms with Crippen LogP contribution in [0.2, 0.25) is 0 Å². The molecule has 1 N–H and O–H groups in total. The van der Waals surface area contributed by atoms with Crippen molar-refractivity contribution in [2.45, 2.75) is 12.5 Å². The molecule has 0 saturated carbocycles. The van der Waals surface area contributed by atoms with E-state index in [9.17, 15) is 4.79 Å². The molecule has 0 aliphatic rings. The molecule has 100 valence electrons. The van der Waals surface area contributed by atoms with Crippen molar-refractivity contribution in [1.82, 2.24) is 5.32 Å². The maximum absolute atomic E-state index is 11.6. The van der Waals surface area contributed by atoms with Gasteiger partial charge in [0.15, 0.2) is 0 Å². The van der Waals surface area contributed by atoms with E-state index in [1.807, 2.05) is 23.6 Å². The molecule has 5 heteroatoms. The molecule has 18 heavy (non-hydrogen) atoms. The molecule has 0 aliphatic heterocycles. The van der Waals surface area contributed by atoms with Gasteiger partial charge in [-0.05, 0) is 36.0 Å². The number of hydrogen-bond acceptors (Lipinski definition) is 4. The van der Waals surface area contributed by atoms with Crippen LogP contribution in [0.15, 0.2) is 23.6 Å². The Balaban J connectivity index is 2.27. The molecule has 1 atom stereocenters. The average molecular weight is 285 g/mol. The van der Waals surface area contributed by atoms with Gasteiger partial charge >= 0.3 is 0 Å². The van der Waals surface area contributed by atoms with E-state index in [2.05, 4.69) is 11.6 Å². The highest BCUT2D eigenvalue weighted by atomic mass is 32.2. The number of ether oxygens (including phenoxy) is 1. The lowest BCUT2D eigenvalue weighted by atomic mass is 10.2. The number of nitrogens with one attached hydrogen (secondary N) is 1. The molecule has 3 nitrogen and oxygen atoms in total. The molecule has 0 radical (unpaired) electrons. The van der Waals surface area contributed by atoms with Crippen molar-refractivity contribution in [3.63, 3.8) is 0 Å². The topological polar surface area (TPSA) is 38.3 Å². The van der Waals surface area contributed by atoms with Crippen molar-refractivity contribution in [2.24, 2.45) is 0 Å². The SMILES string of the molecule is COC(CCSC)CNC(=O)/C=C/c1cccs1. The molecule has 1 rings (SSSR count).